The number of carboxylic acid groups (broad SMARTS) is 1. The van der Waals surface area contributed by atoms with E-state index in [9.17, 15) is 30.1 Å². The molecule has 0 saturated heterocycles. The summed E-state index contributed by atoms with van der Waals surface area (Å²) in [5, 5.41) is 31.1. The lowest BCUT2D eigenvalue weighted by Crippen LogP contribution is -2.12. The maximum absolute atomic E-state index is 11.3. The van der Waals surface area contributed by atoms with E-state index >= 15 is 0 Å². The van der Waals surface area contributed by atoms with Crippen LogP contribution < -0.4 is 0 Å². The van der Waals surface area contributed by atoms with Crippen LogP contribution in [0.3, 0.4) is 0 Å². The molecule has 0 aliphatic heterocycles. The summed E-state index contributed by atoms with van der Waals surface area (Å²) in [6.07, 6.45) is 0.820. The van der Waals surface area contributed by atoms with Crippen LogP contribution in [-0.2, 0) is 15.9 Å². The Balaban J connectivity index is 2.89. The number of aromatic carboxylic acids is 1. The number of carbonyl (C=O) groups is 1. The van der Waals surface area contributed by atoms with Crippen molar-refractivity contribution in [2.75, 3.05) is 26.4 Å². The van der Waals surface area contributed by atoms with Gasteiger partial charge in [0, 0.05) is 24.7 Å². The number of benzene rings is 1. The molecule has 0 aliphatic carbocycles. The lowest BCUT2D eigenvalue weighted by atomic mass is 10.0. The molecule has 132 valence electrons. The van der Waals surface area contributed by atoms with Gasteiger partial charge in [-0.25, -0.2) is 4.79 Å². The third-order valence-electron chi connectivity index (χ3n) is 3.07. The zero-order valence-corrected chi connectivity index (χ0v) is 13.1. The Bertz CT molecular complexity index is 582. The third-order valence-corrected chi connectivity index (χ3v) is 3.07. The van der Waals surface area contributed by atoms with Gasteiger partial charge in [0.05, 0.1) is 41.3 Å². The Kier molecular flexibility index (Phi) is 7.72. The molecule has 0 bridgehead atoms. The van der Waals surface area contributed by atoms with E-state index in [1.807, 2.05) is 6.92 Å². The van der Waals surface area contributed by atoms with Crippen LogP contribution in [0.2, 0.25) is 0 Å². The van der Waals surface area contributed by atoms with Gasteiger partial charge in [0.25, 0.3) is 11.4 Å². The first-order chi connectivity index (χ1) is 11.4. The number of nitro benzene ring substituents is 2. The average molecular weight is 342 g/mol. The molecule has 1 N–H and O–H groups in total. The first-order valence-electron chi connectivity index (χ1n) is 7.23. The van der Waals surface area contributed by atoms with Gasteiger partial charge in [-0.15, -0.1) is 0 Å². The number of hydrogen-bond acceptors (Lipinski definition) is 7. The van der Waals surface area contributed by atoms with E-state index in [2.05, 4.69) is 0 Å². The first-order valence-corrected chi connectivity index (χ1v) is 7.23. The minimum atomic E-state index is -1.47. The number of hydrogen-bond donors (Lipinski definition) is 1. The van der Waals surface area contributed by atoms with E-state index in [4.69, 9.17) is 9.47 Å². The largest absolute Gasteiger partial charge is 0.478 e. The number of carboxylic acids is 1. The summed E-state index contributed by atoms with van der Waals surface area (Å²) in [6.45, 7) is 3.22. The zero-order chi connectivity index (χ0) is 18.1. The van der Waals surface area contributed by atoms with Crippen molar-refractivity contribution in [2.45, 2.75) is 19.8 Å². The predicted molar refractivity (Wildman–Crippen MR) is 82.3 cm³/mol. The molecule has 0 spiro atoms. The summed E-state index contributed by atoms with van der Waals surface area (Å²) >= 11 is 0. The molecule has 0 heterocycles. The van der Waals surface area contributed by atoms with Crippen molar-refractivity contribution in [3.05, 3.63) is 43.5 Å². The van der Waals surface area contributed by atoms with Crippen molar-refractivity contribution in [3.63, 3.8) is 0 Å². The second-order valence-electron chi connectivity index (χ2n) is 4.79. The van der Waals surface area contributed by atoms with Crippen LogP contribution in [-0.4, -0.2) is 47.3 Å². The van der Waals surface area contributed by atoms with Gasteiger partial charge in [-0.3, -0.25) is 20.2 Å². The second kappa shape index (κ2) is 9.53. The molecule has 0 aliphatic rings. The minimum Gasteiger partial charge on any atom is -0.478 e. The van der Waals surface area contributed by atoms with E-state index in [-0.39, 0.29) is 25.2 Å². The predicted octanol–water partition coefficient (Wildman–Crippen LogP) is 2.19. The smallest absolute Gasteiger partial charge is 0.336 e. The fraction of sp³-hybridized carbons (Fsp3) is 0.500. The van der Waals surface area contributed by atoms with Crippen LogP contribution in [0.5, 0.6) is 0 Å². The summed E-state index contributed by atoms with van der Waals surface area (Å²) in [6, 6.07) is 1.57. The molecule has 1 aromatic rings. The molecule has 0 unspecified atom stereocenters. The molecule has 10 heteroatoms. The number of nitrogens with zero attached hydrogens (tertiary/aromatic N) is 2. The highest BCUT2D eigenvalue weighted by molar-refractivity contribution is 5.91. The normalized spacial score (nSPS) is 10.5. The van der Waals surface area contributed by atoms with E-state index in [1.165, 1.54) is 0 Å². The monoisotopic (exact) mass is 342 g/mol. The van der Waals surface area contributed by atoms with Gasteiger partial charge in [0.1, 0.15) is 0 Å². The van der Waals surface area contributed by atoms with E-state index in [0.29, 0.717) is 13.2 Å². The van der Waals surface area contributed by atoms with E-state index in [0.717, 1.165) is 18.6 Å². The second-order valence-corrected chi connectivity index (χ2v) is 4.79. The molecule has 0 amide bonds. The summed E-state index contributed by atoms with van der Waals surface area (Å²) in [7, 11) is 0. The molecule has 1 aromatic carbocycles. The average Bonchev–Trinajstić information content (AvgIpc) is 2.53. The third kappa shape index (κ3) is 5.56. The Labute approximate surface area is 137 Å². The lowest BCUT2D eigenvalue weighted by molar-refractivity contribution is -0.394. The molecular formula is C14H18N2O8. The van der Waals surface area contributed by atoms with Gasteiger partial charge < -0.3 is 14.6 Å². The SMILES string of the molecule is CCCOCCOCCc1c(C(=O)O)cc([N+](=O)[O-])cc1[N+](=O)[O-]. The van der Waals surface area contributed by atoms with Crippen LogP contribution in [0, 0.1) is 20.2 Å². The van der Waals surface area contributed by atoms with Gasteiger partial charge in [-0.1, -0.05) is 6.92 Å². The van der Waals surface area contributed by atoms with Crippen molar-refractivity contribution in [3.8, 4) is 0 Å². The molecule has 10 nitrogen and oxygen atoms in total. The van der Waals surface area contributed by atoms with E-state index < -0.39 is 32.8 Å². The maximum atomic E-state index is 11.3. The fourth-order valence-electron chi connectivity index (χ4n) is 2.00. The van der Waals surface area contributed by atoms with Crippen molar-refractivity contribution in [2.24, 2.45) is 0 Å². The van der Waals surface area contributed by atoms with Crippen LogP contribution in [0.15, 0.2) is 12.1 Å². The quantitative estimate of drug-likeness (QED) is 0.366. The molecular weight excluding hydrogens is 324 g/mol. The molecule has 24 heavy (non-hydrogen) atoms. The van der Waals surface area contributed by atoms with Gasteiger partial charge >= 0.3 is 5.97 Å². The highest BCUT2D eigenvalue weighted by Gasteiger charge is 2.26. The van der Waals surface area contributed by atoms with E-state index in [1.54, 1.807) is 0 Å². The Hall–Kier alpha value is -2.59. The van der Waals surface area contributed by atoms with Crippen LogP contribution in [0.1, 0.15) is 29.3 Å². The number of rotatable bonds is 11. The number of nitro groups is 2. The topological polar surface area (TPSA) is 142 Å². The number of ether oxygens (including phenoxy) is 2. The molecule has 0 atom stereocenters. The van der Waals surface area contributed by atoms with Crippen molar-refractivity contribution >= 4 is 17.3 Å². The van der Waals surface area contributed by atoms with Gasteiger partial charge in [0.2, 0.25) is 0 Å². The van der Waals surface area contributed by atoms with Crippen molar-refractivity contribution < 1.29 is 29.2 Å². The van der Waals surface area contributed by atoms with Crippen LogP contribution in [0.4, 0.5) is 11.4 Å². The standard InChI is InChI=1S/C14H18N2O8/c1-2-4-23-6-7-24-5-3-11-12(14(17)18)8-10(15(19)20)9-13(11)16(21)22/h8-9H,2-7H2,1H3,(H,17,18). The molecule has 1 rings (SSSR count). The molecule has 0 fully saturated rings. The lowest BCUT2D eigenvalue weighted by Gasteiger charge is -2.08. The molecule has 0 aromatic heterocycles. The Morgan fingerprint density at radius 1 is 1.08 bits per heavy atom. The number of non-ortho nitro benzene ring substituents is 1. The Morgan fingerprint density at radius 3 is 2.21 bits per heavy atom. The minimum absolute atomic E-state index is 0.0361. The van der Waals surface area contributed by atoms with Crippen LogP contribution >= 0.6 is 0 Å². The highest BCUT2D eigenvalue weighted by Crippen LogP contribution is 2.29. The summed E-state index contributed by atoms with van der Waals surface area (Å²) in [4.78, 5) is 31.5. The van der Waals surface area contributed by atoms with Crippen LogP contribution in [0.25, 0.3) is 0 Å². The molecule has 0 radical (unpaired) electrons. The highest BCUT2D eigenvalue weighted by atomic mass is 16.6. The van der Waals surface area contributed by atoms with Gasteiger partial charge in [0.15, 0.2) is 0 Å². The Morgan fingerprint density at radius 2 is 1.71 bits per heavy atom. The zero-order valence-electron chi connectivity index (χ0n) is 13.1. The fourth-order valence-corrected chi connectivity index (χ4v) is 2.00. The summed E-state index contributed by atoms with van der Waals surface area (Å²) in [5.74, 6) is -1.47. The van der Waals surface area contributed by atoms with Gasteiger partial charge in [-0.2, -0.15) is 0 Å². The molecule has 0 saturated carbocycles. The summed E-state index contributed by atoms with van der Waals surface area (Å²) < 4.78 is 10.5. The van der Waals surface area contributed by atoms with Gasteiger partial charge in [-0.05, 0) is 6.42 Å². The van der Waals surface area contributed by atoms with Crippen molar-refractivity contribution in [1.29, 1.82) is 0 Å². The first kappa shape index (κ1) is 19.5. The summed E-state index contributed by atoms with van der Waals surface area (Å²) in [5.41, 5.74) is -1.82. The van der Waals surface area contributed by atoms with Crippen molar-refractivity contribution in [1.82, 2.24) is 0 Å². The maximum Gasteiger partial charge on any atom is 0.336 e.